The summed E-state index contributed by atoms with van der Waals surface area (Å²) in [5, 5.41) is 1.69. The molecule has 0 aromatic heterocycles. The van der Waals surface area contributed by atoms with Crippen molar-refractivity contribution in [1.82, 2.24) is 10.2 Å². The summed E-state index contributed by atoms with van der Waals surface area (Å²) < 4.78 is 27.7. The Bertz CT molecular complexity index is 377. The van der Waals surface area contributed by atoms with Crippen LogP contribution in [0.3, 0.4) is 0 Å². The van der Waals surface area contributed by atoms with Crippen LogP contribution in [-0.4, -0.2) is 69.6 Å². The standard InChI is InChI=1S/C11H22N2O4S/c1-9(13-4-6-17-7-5-13)8-12-11(14)10(2)18(3,15)16/h9-10H,4-8H2,1-3H3,(H,12,14)/t9-,10-/m1/s1. The number of amides is 1. The molecule has 1 amide bonds. The van der Waals surface area contributed by atoms with E-state index in [2.05, 4.69) is 10.2 Å². The van der Waals surface area contributed by atoms with Crippen molar-refractivity contribution in [3.63, 3.8) is 0 Å². The number of nitrogens with one attached hydrogen (secondary N) is 1. The second kappa shape index (κ2) is 6.49. The molecule has 18 heavy (non-hydrogen) atoms. The van der Waals surface area contributed by atoms with Crippen LogP contribution in [0.25, 0.3) is 0 Å². The monoisotopic (exact) mass is 278 g/mol. The van der Waals surface area contributed by atoms with Crippen molar-refractivity contribution in [3.05, 3.63) is 0 Å². The number of nitrogens with zero attached hydrogens (tertiary/aromatic N) is 1. The van der Waals surface area contributed by atoms with E-state index in [1.807, 2.05) is 6.92 Å². The Morgan fingerprint density at radius 2 is 1.89 bits per heavy atom. The summed E-state index contributed by atoms with van der Waals surface area (Å²) in [7, 11) is -3.32. The maximum Gasteiger partial charge on any atom is 0.238 e. The van der Waals surface area contributed by atoms with Gasteiger partial charge in [-0.2, -0.15) is 0 Å². The number of ether oxygens (including phenoxy) is 1. The van der Waals surface area contributed by atoms with E-state index in [-0.39, 0.29) is 6.04 Å². The molecule has 1 aliphatic rings. The maximum absolute atomic E-state index is 11.6. The zero-order valence-electron chi connectivity index (χ0n) is 11.2. The third-order valence-corrected chi connectivity index (χ3v) is 4.75. The van der Waals surface area contributed by atoms with Crippen molar-refractivity contribution in [2.24, 2.45) is 0 Å². The minimum absolute atomic E-state index is 0.185. The molecule has 1 heterocycles. The van der Waals surface area contributed by atoms with Crippen LogP contribution in [0.2, 0.25) is 0 Å². The number of hydrogen-bond acceptors (Lipinski definition) is 5. The maximum atomic E-state index is 11.6. The lowest BCUT2D eigenvalue weighted by Crippen LogP contribution is -2.49. The summed E-state index contributed by atoms with van der Waals surface area (Å²) in [5.41, 5.74) is 0. The van der Waals surface area contributed by atoms with Crippen LogP contribution in [0, 0.1) is 0 Å². The van der Waals surface area contributed by atoms with E-state index in [1.54, 1.807) is 0 Å². The first-order valence-electron chi connectivity index (χ1n) is 6.10. The van der Waals surface area contributed by atoms with Crippen molar-refractivity contribution in [2.45, 2.75) is 25.1 Å². The van der Waals surface area contributed by atoms with Gasteiger partial charge in [0.05, 0.1) is 13.2 Å². The van der Waals surface area contributed by atoms with Crippen molar-refractivity contribution < 1.29 is 17.9 Å². The summed E-state index contributed by atoms with van der Waals surface area (Å²) in [6.45, 7) is 6.98. The van der Waals surface area contributed by atoms with E-state index in [9.17, 15) is 13.2 Å². The predicted molar refractivity (Wildman–Crippen MR) is 69.2 cm³/mol. The molecular formula is C11H22N2O4S. The van der Waals surface area contributed by atoms with Crippen LogP contribution in [0.5, 0.6) is 0 Å². The average molecular weight is 278 g/mol. The summed E-state index contributed by atoms with van der Waals surface area (Å²) in [5.74, 6) is -0.433. The lowest BCUT2D eigenvalue weighted by atomic mass is 10.2. The van der Waals surface area contributed by atoms with Crippen LogP contribution in [-0.2, 0) is 19.4 Å². The van der Waals surface area contributed by atoms with Crippen molar-refractivity contribution in [1.29, 1.82) is 0 Å². The van der Waals surface area contributed by atoms with Gasteiger partial charge in [0.1, 0.15) is 5.25 Å². The van der Waals surface area contributed by atoms with Gasteiger partial charge in [-0.15, -0.1) is 0 Å². The molecule has 6 nitrogen and oxygen atoms in total. The van der Waals surface area contributed by atoms with Gasteiger partial charge in [0.25, 0.3) is 0 Å². The molecule has 0 radical (unpaired) electrons. The molecule has 0 aromatic carbocycles. The molecule has 0 saturated carbocycles. The van der Waals surface area contributed by atoms with Crippen LogP contribution in [0.4, 0.5) is 0 Å². The highest BCUT2D eigenvalue weighted by Gasteiger charge is 2.24. The van der Waals surface area contributed by atoms with Crippen LogP contribution in [0.1, 0.15) is 13.8 Å². The first-order chi connectivity index (χ1) is 8.32. The highest BCUT2D eigenvalue weighted by molar-refractivity contribution is 7.92. The Hall–Kier alpha value is -0.660. The second-order valence-electron chi connectivity index (χ2n) is 4.71. The first-order valence-corrected chi connectivity index (χ1v) is 8.06. The highest BCUT2D eigenvalue weighted by Crippen LogP contribution is 2.03. The minimum atomic E-state index is -3.32. The van der Waals surface area contributed by atoms with Gasteiger partial charge < -0.3 is 10.1 Å². The Morgan fingerprint density at radius 3 is 2.39 bits per heavy atom. The molecule has 1 fully saturated rings. The molecule has 2 atom stereocenters. The lowest BCUT2D eigenvalue weighted by Gasteiger charge is -2.32. The Kier molecular flexibility index (Phi) is 5.55. The topological polar surface area (TPSA) is 75.7 Å². The third-order valence-electron chi connectivity index (χ3n) is 3.25. The van der Waals surface area contributed by atoms with E-state index in [4.69, 9.17) is 4.74 Å². The van der Waals surface area contributed by atoms with Gasteiger partial charge in [0.15, 0.2) is 9.84 Å². The second-order valence-corrected chi connectivity index (χ2v) is 7.08. The SMILES string of the molecule is C[C@H](CNC(=O)[C@@H](C)S(C)(=O)=O)N1CCOCC1. The van der Waals surface area contributed by atoms with Crippen LogP contribution in [0.15, 0.2) is 0 Å². The summed E-state index contributed by atoms with van der Waals surface area (Å²) >= 11 is 0. The summed E-state index contributed by atoms with van der Waals surface area (Å²) in [6.07, 6.45) is 1.07. The molecule has 106 valence electrons. The van der Waals surface area contributed by atoms with Gasteiger partial charge in [0.2, 0.25) is 5.91 Å². The van der Waals surface area contributed by atoms with Crippen molar-refractivity contribution in [3.8, 4) is 0 Å². The third kappa shape index (κ3) is 4.55. The van der Waals surface area contributed by atoms with E-state index < -0.39 is 21.0 Å². The molecule has 1 saturated heterocycles. The Morgan fingerprint density at radius 1 is 1.33 bits per heavy atom. The normalized spacial score (nSPS) is 21.3. The largest absolute Gasteiger partial charge is 0.379 e. The molecule has 1 rings (SSSR count). The van der Waals surface area contributed by atoms with Gasteiger partial charge in [-0.3, -0.25) is 9.69 Å². The molecule has 0 aliphatic carbocycles. The summed E-state index contributed by atoms with van der Waals surface area (Å²) in [4.78, 5) is 13.9. The number of carbonyl (C=O) groups excluding carboxylic acids is 1. The molecule has 0 bridgehead atoms. The number of rotatable bonds is 5. The van der Waals surface area contributed by atoms with Gasteiger partial charge in [0, 0.05) is 31.9 Å². The molecule has 1 N–H and O–H groups in total. The zero-order valence-corrected chi connectivity index (χ0v) is 12.0. The molecule has 0 aromatic rings. The number of sulfone groups is 1. The van der Waals surface area contributed by atoms with E-state index >= 15 is 0 Å². The van der Waals surface area contributed by atoms with Crippen LogP contribution < -0.4 is 5.32 Å². The van der Waals surface area contributed by atoms with E-state index in [1.165, 1.54) is 6.92 Å². The molecule has 0 unspecified atom stereocenters. The van der Waals surface area contributed by atoms with Gasteiger partial charge >= 0.3 is 0 Å². The van der Waals surface area contributed by atoms with E-state index in [0.29, 0.717) is 19.8 Å². The quantitative estimate of drug-likeness (QED) is 0.716. The first kappa shape index (κ1) is 15.4. The van der Waals surface area contributed by atoms with Crippen molar-refractivity contribution in [2.75, 3.05) is 39.1 Å². The fourth-order valence-electron chi connectivity index (χ4n) is 1.73. The fraction of sp³-hybridized carbons (Fsp3) is 0.909. The predicted octanol–water partition coefficient (Wildman–Crippen LogP) is -0.744. The van der Waals surface area contributed by atoms with Gasteiger partial charge in [-0.1, -0.05) is 0 Å². The lowest BCUT2D eigenvalue weighted by molar-refractivity contribution is -0.120. The zero-order chi connectivity index (χ0) is 13.8. The van der Waals surface area contributed by atoms with Gasteiger partial charge in [-0.25, -0.2) is 8.42 Å². The molecule has 0 spiro atoms. The van der Waals surface area contributed by atoms with Crippen molar-refractivity contribution >= 4 is 15.7 Å². The number of carbonyl (C=O) groups is 1. The van der Waals surface area contributed by atoms with Crippen LogP contribution >= 0.6 is 0 Å². The Labute approximate surface area is 109 Å². The smallest absolute Gasteiger partial charge is 0.238 e. The summed E-state index contributed by atoms with van der Waals surface area (Å²) in [6, 6.07) is 0.185. The molecular weight excluding hydrogens is 256 g/mol. The molecule has 1 aliphatic heterocycles. The fourth-order valence-corrected chi connectivity index (χ4v) is 2.21. The average Bonchev–Trinajstić information content (AvgIpc) is 2.34. The Balaban J connectivity index is 2.38. The number of hydrogen-bond donors (Lipinski definition) is 1. The van der Waals surface area contributed by atoms with Gasteiger partial charge in [-0.05, 0) is 13.8 Å². The highest BCUT2D eigenvalue weighted by atomic mass is 32.2. The minimum Gasteiger partial charge on any atom is -0.379 e. The molecule has 7 heteroatoms. The number of morpholine rings is 1. The van der Waals surface area contributed by atoms with E-state index in [0.717, 1.165) is 19.3 Å².